The van der Waals surface area contributed by atoms with Gasteiger partial charge >= 0.3 is 12.0 Å². The first kappa shape index (κ1) is 23.8. The van der Waals surface area contributed by atoms with Crippen LogP contribution in [0.5, 0.6) is 0 Å². The first-order valence-electron chi connectivity index (χ1n) is 10.0. The second-order valence-electron chi connectivity index (χ2n) is 7.16. The summed E-state index contributed by atoms with van der Waals surface area (Å²) in [6.07, 6.45) is 3.11. The second-order valence-corrected chi connectivity index (χ2v) is 9.10. The highest BCUT2D eigenvalue weighted by Gasteiger charge is 2.25. The Morgan fingerprint density at radius 2 is 1.67 bits per heavy atom. The number of nitrogens with zero attached hydrogens (tertiary/aromatic N) is 1. The molecule has 10 heteroatoms. The molecule has 2 rings (SSSR count). The number of amides is 3. The van der Waals surface area contributed by atoms with Gasteiger partial charge in [-0.05, 0) is 43.9 Å². The molecule has 0 aromatic heterocycles. The summed E-state index contributed by atoms with van der Waals surface area (Å²) in [5.41, 5.74) is 0.782. The van der Waals surface area contributed by atoms with Crippen molar-refractivity contribution in [1.29, 1.82) is 0 Å². The molecule has 3 amide bonds. The topological polar surface area (TPSA) is 122 Å². The Balaban J connectivity index is 1.87. The fraction of sp³-hybridized carbons (Fsp3) is 0.550. The van der Waals surface area contributed by atoms with Crippen molar-refractivity contribution in [2.45, 2.75) is 56.4 Å². The van der Waals surface area contributed by atoms with Crippen LogP contribution in [0.3, 0.4) is 0 Å². The molecule has 0 radical (unpaired) electrons. The summed E-state index contributed by atoms with van der Waals surface area (Å²) < 4.78 is 32.1. The van der Waals surface area contributed by atoms with Gasteiger partial charge in [-0.3, -0.25) is 14.9 Å². The van der Waals surface area contributed by atoms with Crippen LogP contribution in [0.1, 0.15) is 44.6 Å². The average Bonchev–Trinajstić information content (AvgIpc) is 3.02. The molecule has 1 aromatic carbocycles. The highest BCUT2D eigenvalue weighted by atomic mass is 32.2. The molecule has 1 aliphatic heterocycles. The Hall–Kier alpha value is -2.46. The fourth-order valence-electron chi connectivity index (χ4n) is 3.09. The van der Waals surface area contributed by atoms with Gasteiger partial charge in [0.05, 0.1) is 4.90 Å². The normalized spacial score (nSPS) is 16.2. The quantitative estimate of drug-likeness (QED) is 0.622. The van der Waals surface area contributed by atoms with Crippen LogP contribution in [0.2, 0.25) is 0 Å². The van der Waals surface area contributed by atoms with Crippen LogP contribution in [0.15, 0.2) is 29.2 Å². The Morgan fingerprint density at radius 3 is 2.23 bits per heavy atom. The minimum atomic E-state index is -3.51. The summed E-state index contributed by atoms with van der Waals surface area (Å²) in [5, 5.41) is 4.27. The Labute approximate surface area is 177 Å². The lowest BCUT2D eigenvalue weighted by Gasteiger charge is -2.20. The van der Waals surface area contributed by atoms with Crippen molar-refractivity contribution in [2.75, 3.05) is 20.1 Å². The van der Waals surface area contributed by atoms with Crippen molar-refractivity contribution in [2.24, 2.45) is 0 Å². The number of imide groups is 1. The number of benzene rings is 1. The largest absolute Gasteiger partial charge is 0.453 e. The molecule has 1 fully saturated rings. The summed E-state index contributed by atoms with van der Waals surface area (Å²) in [4.78, 5) is 35.0. The lowest BCUT2D eigenvalue weighted by molar-refractivity contribution is -0.154. The summed E-state index contributed by atoms with van der Waals surface area (Å²) in [5.74, 6) is -1.30. The number of urea groups is 1. The van der Waals surface area contributed by atoms with Gasteiger partial charge in [-0.25, -0.2) is 13.2 Å². The van der Waals surface area contributed by atoms with Gasteiger partial charge in [-0.2, -0.15) is 4.31 Å². The molecule has 1 saturated heterocycles. The summed E-state index contributed by atoms with van der Waals surface area (Å²) >= 11 is 0. The third-order valence-corrected chi connectivity index (χ3v) is 6.80. The molecule has 0 saturated carbocycles. The van der Waals surface area contributed by atoms with E-state index in [1.807, 2.05) is 5.32 Å². The number of carbonyl (C=O) groups excluding carboxylic acids is 3. The number of hydrogen-bond acceptors (Lipinski definition) is 6. The number of aryl methyl sites for hydroxylation is 1. The number of carbonyl (C=O) groups is 3. The maximum atomic E-state index is 12.8. The highest BCUT2D eigenvalue weighted by molar-refractivity contribution is 7.89. The van der Waals surface area contributed by atoms with Crippen LogP contribution in [0.25, 0.3) is 0 Å². The number of ether oxygens (including phenoxy) is 1. The van der Waals surface area contributed by atoms with Crippen molar-refractivity contribution in [3.63, 3.8) is 0 Å². The number of sulfonamides is 1. The Bertz CT molecular complexity index is 846. The van der Waals surface area contributed by atoms with Gasteiger partial charge in [-0.1, -0.05) is 25.0 Å². The monoisotopic (exact) mass is 439 g/mol. The molecule has 30 heavy (non-hydrogen) atoms. The zero-order chi connectivity index (χ0) is 22.1. The van der Waals surface area contributed by atoms with E-state index in [-0.39, 0.29) is 11.3 Å². The van der Waals surface area contributed by atoms with E-state index in [9.17, 15) is 22.8 Å². The highest BCUT2D eigenvalue weighted by Crippen LogP contribution is 2.21. The van der Waals surface area contributed by atoms with Crippen LogP contribution in [0, 0.1) is 0 Å². The number of esters is 1. The van der Waals surface area contributed by atoms with E-state index in [4.69, 9.17) is 4.74 Å². The lowest BCUT2D eigenvalue weighted by Crippen LogP contribution is -2.43. The molecule has 0 bridgehead atoms. The molecule has 1 unspecified atom stereocenters. The van der Waals surface area contributed by atoms with E-state index >= 15 is 0 Å². The SMILES string of the molecule is CNC(=O)NC(=O)C(C)OC(=O)CCc1ccc(S(=O)(=O)N2CCCCCC2)cc1. The van der Waals surface area contributed by atoms with Gasteiger partial charge in [0.15, 0.2) is 6.10 Å². The number of rotatable bonds is 7. The molecule has 0 spiro atoms. The molecule has 9 nitrogen and oxygen atoms in total. The minimum absolute atomic E-state index is 0.0236. The molecule has 0 aliphatic carbocycles. The first-order valence-corrected chi connectivity index (χ1v) is 11.5. The van der Waals surface area contributed by atoms with Gasteiger partial charge in [0.2, 0.25) is 10.0 Å². The van der Waals surface area contributed by atoms with E-state index in [0.717, 1.165) is 31.2 Å². The Kier molecular flexibility index (Phi) is 8.79. The van der Waals surface area contributed by atoms with Crippen LogP contribution in [-0.4, -0.2) is 56.9 Å². The summed E-state index contributed by atoms with van der Waals surface area (Å²) in [7, 11) is -2.14. The molecular weight excluding hydrogens is 410 g/mol. The van der Waals surface area contributed by atoms with Crippen molar-refractivity contribution >= 4 is 27.9 Å². The zero-order valence-corrected chi connectivity index (χ0v) is 18.2. The predicted octanol–water partition coefficient (Wildman–Crippen LogP) is 1.57. The lowest BCUT2D eigenvalue weighted by atomic mass is 10.1. The van der Waals surface area contributed by atoms with Gasteiger partial charge in [0.25, 0.3) is 5.91 Å². The molecule has 1 aromatic rings. The van der Waals surface area contributed by atoms with Crippen LogP contribution in [-0.2, 0) is 30.8 Å². The van der Waals surface area contributed by atoms with E-state index in [1.165, 1.54) is 18.3 Å². The molecule has 1 atom stereocenters. The standard InChI is InChI=1S/C20H29N3O6S/c1-15(19(25)22-20(26)21-2)29-18(24)12-9-16-7-10-17(11-8-16)30(27,28)23-13-5-3-4-6-14-23/h7-8,10-11,15H,3-6,9,12-14H2,1-2H3,(H2,21,22,25,26). The molecule has 2 N–H and O–H groups in total. The third-order valence-electron chi connectivity index (χ3n) is 4.89. The van der Waals surface area contributed by atoms with Gasteiger partial charge < -0.3 is 10.1 Å². The first-order chi connectivity index (χ1) is 14.2. The molecule has 166 valence electrons. The summed E-state index contributed by atoms with van der Waals surface area (Å²) in [6, 6.07) is 5.79. The van der Waals surface area contributed by atoms with E-state index in [2.05, 4.69) is 5.32 Å². The van der Waals surface area contributed by atoms with E-state index in [0.29, 0.717) is 19.5 Å². The van der Waals surface area contributed by atoms with E-state index < -0.39 is 34.0 Å². The Morgan fingerprint density at radius 1 is 1.07 bits per heavy atom. The third kappa shape index (κ3) is 6.81. The molecule has 1 heterocycles. The average molecular weight is 440 g/mol. The van der Waals surface area contributed by atoms with Crippen molar-refractivity contribution in [1.82, 2.24) is 14.9 Å². The van der Waals surface area contributed by atoms with E-state index in [1.54, 1.807) is 24.3 Å². The van der Waals surface area contributed by atoms with Crippen molar-refractivity contribution < 1.29 is 27.5 Å². The zero-order valence-electron chi connectivity index (χ0n) is 17.3. The van der Waals surface area contributed by atoms with Gasteiger partial charge in [0, 0.05) is 26.6 Å². The van der Waals surface area contributed by atoms with Crippen LogP contribution >= 0.6 is 0 Å². The van der Waals surface area contributed by atoms with Crippen molar-refractivity contribution in [3.8, 4) is 0 Å². The van der Waals surface area contributed by atoms with Crippen LogP contribution < -0.4 is 10.6 Å². The maximum Gasteiger partial charge on any atom is 0.321 e. The smallest absolute Gasteiger partial charge is 0.321 e. The van der Waals surface area contributed by atoms with Gasteiger partial charge in [0.1, 0.15) is 0 Å². The molecular formula is C20H29N3O6S. The maximum absolute atomic E-state index is 12.8. The second kappa shape index (κ2) is 11.1. The fourth-order valence-corrected chi connectivity index (χ4v) is 4.61. The summed E-state index contributed by atoms with van der Waals surface area (Å²) in [6.45, 7) is 2.46. The molecule has 1 aliphatic rings. The minimum Gasteiger partial charge on any atom is -0.453 e. The number of nitrogens with one attached hydrogen (secondary N) is 2. The van der Waals surface area contributed by atoms with Gasteiger partial charge in [-0.15, -0.1) is 0 Å². The predicted molar refractivity (Wildman–Crippen MR) is 110 cm³/mol. The number of hydrogen-bond donors (Lipinski definition) is 2. The van der Waals surface area contributed by atoms with Crippen LogP contribution in [0.4, 0.5) is 4.79 Å². The van der Waals surface area contributed by atoms with Crippen molar-refractivity contribution in [3.05, 3.63) is 29.8 Å².